The van der Waals surface area contributed by atoms with Crippen LogP contribution in [-0.2, 0) is 0 Å². The third kappa shape index (κ3) is 5.06. The Kier molecular flexibility index (Phi) is 7.57. The van der Waals surface area contributed by atoms with Gasteiger partial charge in [-0.3, -0.25) is 0 Å². The lowest BCUT2D eigenvalue weighted by molar-refractivity contribution is 0.395. The minimum Gasteiger partial charge on any atom is -0.310 e. The summed E-state index contributed by atoms with van der Waals surface area (Å²) < 4.78 is 1.12. The highest BCUT2D eigenvalue weighted by atomic mass is 127. The zero-order valence-corrected chi connectivity index (χ0v) is 14.4. The summed E-state index contributed by atoms with van der Waals surface area (Å²) in [6.07, 6.45) is 3.73. The molecule has 0 saturated heterocycles. The van der Waals surface area contributed by atoms with E-state index < -0.39 is 0 Å². The number of halogens is 2. The van der Waals surface area contributed by atoms with Gasteiger partial charge in [-0.15, -0.1) is 0 Å². The first-order chi connectivity index (χ1) is 8.58. The van der Waals surface area contributed by atoms with E-state index >= 15 is 0 Å². The molecule has 0 aromatic heterocycles. The molecular weight excluding hydrogens is 357 g/mol. The Labute approximate surface area is 130 Å². The van der Waals surface area contributed by atoms with Crippen LogP contribution < -0.4 is 5.32 Å². The zero-order valence-electron chi connectivity index (χ0n) is 11.5. The lowest BCUT2D eigenvalue weighted by atomic mass is 9.93. The number of benzene rings is 1. The summed E-state index contributed by atoms with van der Waals surface area (Å²) in [4.78, 5) is 0. The van der Waals surface area contributed by atoms with Gasteiger partial charge in [-0.25, -0.2) is 0 Å². The second-order valence-electron chi connectivity index (χ2n) is 4.91. The number of rotatable bonds is 7. The molecule has 0 aliphatic carbocycles. The molecule has 0 saturated carbocycles. The summed E-state index contributed by atoms with van der Waals surface area (Å²) >= 11 is 8.49. The minimum atomic E-state index is 0.422. The molecule has 0 spiro atoms. The van der Waals surface area contributed by atoms with Crippen molar-refractivity contribution in [3.8, 4) is 0 Å². The molecule has 1 rings (SSSR count). The molecule has 0 radical (unpaired) electrons. The van der Waals surface area contributed by atoms with Crippen LogP contribution in [0, 0.1) is 9.49 Å². The maximum Gasteiger partial charge on any atom is 0.0542 e. The highest BCUT2D eigenvalue weighted by molar-refractivity contribution is 14.1. The average molecular weight is 380 g/mol. The molecule has 3 heteroatoms. The molecule has 1 N–H and O–H groups in total. The van der Waals surface area contributed by atoms with E-state index in [1.807, 2.05) is 0 Å². The molecule has 1 aromatic carbocycles. The fourth-order valence-corrected chi connectivity index (χ4v) is 2.85. The summed E-state index contributed by atoms with van der Waals surface area (Å²) in [6.45, 7) is 7.74. The summed E-state index contributed by atoms with van der Waals surface area (Å²) in [5, 5.41) is 4.43. The summed E-state index contributed by atoms with van der Waals surface area (Å²) in [6, 6.07) is 6.83. The smallest absolute Gasteiger partial charge is 0.0542 e. The fraction of sp³-hybridized carbons (Fsp3) is 0.600. The van der Waals surface area contributed by atoms with Crippen LogP contribution in [0.3, 0.4) is 0 Å². The molecule has 0 bridgehead atoms. The Morgan fingerprint density at radius 3 is 2.61 bits per heavy atom. The maximum atomic E-state index is 6.22. The predicted octanol–water partition coefficient (Wildman–Crippen LogP) is 5.42. The van der Waals surface area contributed by atoms with Crippen molar-refractivity contribution < 1.29 is 0 Å². The highest BCUT2D eigenvalue weighted by Gasteiger charge is 2.15. The summed E-state index contributed by atoms with van der Waals surface area (Å²) in [5.74, 6) is 0.747. The Morgan fingerprint density at radius 1 is 1.33 bits per heavy atom. The summed E-state index contributed by atoms with van der Waals surface area (Å²) in [5.41, 5.74) is 1.31. The molecule has 0 amide bonds. The van der Waals surface area contributed by atoms with Crippen molar-refractivity contribution in [2.24, 2.45) is 5.92 Å². The van der Waals surface area contributed by atoms with Crippen LogP contribution in [0.1, 0.15) is 51.6 Å². The van der Waals surface area contributed by atoms with Gasteiger partial charge in [-0.2, -0.15) is 0 Å². The standard InChI is InChI=1S/C15H23ClIN/c1-4-6-11(3)9-15(18-5-2)12-7-8-14(17)13(16)10-12/h7-8,10-11,15,18H,4-6,9H2,1-3H3. The lowest BCUT2D eigenvalue weighted by Gasteiger charge is -2.22. The van der Waals surface area contributed by atoms with E-state index in [0.29, 0.717) is 6.04 Å². The molecule has 0 aliphatic heterocycles. The van der Waals surface area contributed by atoms with Gasteiger partial charge in [0.1, 0.15) is 0 Å². The quantitative estimate of drug-likeness (QED) is 0.624. The van der Waals surface area contributed by atoms with Crippen LogP contribution in [0.4, 0.5) is 0 Å². The third-order valence-corrected chi connectivity index (χ3v) is 4.79. The molecule has 0 fully saturated rings. The molecule has 0 aliphatic rings. The highest BCUT2D eigenvalue weighted by Crippen LogP contribution is 2.28. The largest absolute Gasteiger partial charge is 0.310 e. The molecule has 0 heterocycles. The van der Waals surface area contributed by atoms with Gasteiger partial charge in [-0.1, -0.05) is 51.3 Å². The first-order valence-corrected chi connectivity index (χ1v) is 8.22. The van der Waals surface area contributed by atoms with E-state index in [-0.39, 0.29) is 0 Å². The van der Waals surface area contributed by atoms with Crippen molar-refractivity contribution in [1.82, 2.24) is 5.32 Å². The van der Waals surface area contributed by atoms with E-state index in [2.05, 4.69) is 66.9 Å². The topological polar surface area (TPSA) is 12.0 Å². The monoisotopic (exact) mass is 379 g/mol. The maximum absolute atomic E-state index is 6.22. The van der Waals surface area contributed by atoms with E-state index in [1.54, 1.807) is 0 Å². The van der Waals surface area contributed by atoms with Crippen molar-refractivity contribution >= 4 is 34.2 Å². The van der Waals surface area contributed by atoms with Crippen LogP contribution in [-0.4, -0.2) is 6.54 Å². The number of nitrogens with one attached hydrogen (secondary N) is 1. The van der Waals surface area contributed by atoms with Crippen molar-refractivity contribution in [1.29, 1.82) is 0 Å². The molecule has 2 unspecified atom stereocenters. The van der Waals surface area contributed by atoms with Crippen LogP contribution in [0.5, 0.6) is 0 Å². The molecule has 102 valence electrons. The Hall–Kier alpha value is 0.200. The van der Waals surface area contributed by atoms with Crippen molar-refractivity contribution in [2.75, 3.05) is 6.54 Å². The van der Waals surface area contributed by atoms with Gasteiger partial charge in [-0.05, 0) is 59.2 Å². The fourth-order valence-electron chi connectivity index (χ4n) is 2.33. The first-order valence-electron chi connectivity index (χ1n) is 6.76. The third-order valence-electron chi connectivity index (χ3n) is 3.22. The number of hydrogen-bond donors (Lipinski definition) is 1. The average Bonchev–Trinajstić information content (AvgIpc) is 2.32. The van der Waals surface area contributed by atoms with Gasteiger partial charge < -0.3 is 5.32 Å². The van der Waals surface area contributed by atoms with Crippen LogP contribution >= 0.6 is 34.2 Å². The Morgan fingerprint density at radius 2 is 2.06 bits per heavy atom. The zero-order chi connectivity index (χ0) is 13.5. The molecule has 1 aromatic rings. The van der Waals surface area contributed by atoms with Gasteiger partial charge in [0, 0.05) is 9.61 Å². The van der Waals surface area contributed by atoms with Crippen LogP contribution in [0.2, 0.25) is 5.02 Å². The lowest BCUT2D eigenvalue weighted by Crippen LogP contribution is -2.23. The van der Waals surface area contributed by atoms with Gasteiger partial charge >= 0.3 is 0 Å². The Balaban J connectivity index is 2.79. The van der Waals surface area contributed by atoms with E-state index in [9.17, 15) is 0 Å². The number of hydrogen-bond acceptors (Lipinski definition) is 1. The molecule has 1 nitrogen and oxygen atoms in total. The first kappa shape index (κ1) is 16.3. The van der Waals surface area contributed by atoms with Crippen molar-refractivity contribution in [3.63, 3.8) is 0 Å². The van der Waals surface area contributed by atoms with E-state index in [4.69, 9.17) is 11.6 Å². The predicted molar refractivity (Wildman–Crippen MR) is 89.3 cm³/mol. The van der Waals surface area contributed by atoms with Gasteiger partial charge in [0.25, 0.3) is 0 Å². The normalized spacial score (nSPS) is 14.5. The van der Waals surface area contributed by atoms with Crippen molar-refractivity contribution in [3.05, 3.63) is 32.4 Å². The van der Waals surface area contributed by atoms with Gasteiger partial charge in [0.2, 0.25) is 0 Å². The molecule has 2 atom stereocenters. The van der Waals surface area contributed by atoms with Crippen molar-refractivity contribution in [2.45, 2.75) is 46.1 Å². The minimum absolute atomic E-state index is 0.422. The SMILES string of the molecule is CCCC(C)CC(NCC)c1ccc(I)c(Cl)c1. The van der Waals surface area contributed by atoms with Gasteiger partial charge in [0.05, 0.1) is 5.02 Å². The Bertz CT molecular complexity index is 368. The van der Waals surface area contributed by atoms with Gasteiger partial charge in [0.15, 0.2) is 0 Å². The second kappa shape index (κ2) is 8.39. The summed E-state index contributed by atoms with van der Waals surface area (Å²) in [7, 11) is 0. The second-order valence-corrected chi connectivity index (χ2v) is 6.48. The van der Waals surface area contributed by atoms with E-state index in [1.165, 1.54) is 24.8 Å². The molecule has 18 heavy (non-hydrogen) atoms. The van der Waals surface area contributed by atoms with Crippen LogP contribution in [0.15, 0.2) is 18.2 Å². The van der Waals surface area contributed by atoms with E-state index in [0.717, 1.165) is 21.1 Å². The van der Waals surface area contributed by atoms with Crippen LogP contribution in [0.25, 0.3) is 0 Å². The molecular formula is C15H23ClIN.